The van der Waals surface area contributed by atoms with Gasteiger partial charge in [0.1, 0.15) is 5.52 Å². The van der Waals surface area contributed by atoms with E-state index in [1.165, 1.54) is 36.4 Å². The molecular weight excluding hydrogens is 336 g/mol. The van der Waals surface area contributed by atoms with Gasteiger partial charge in [0.05, 0.1) is 9.35 Å². The molecule has 0 radical (unpaired) electrons. The van der Waals surface area contributed by atoms with Gasteiger partial charge < -0.3 is 9.94 Å². The van der Waals surface area contributed by atoms with E-state index in [2.05, 4.69) is 0 Å². The molecule has 0 saturated heterocycles. The van der Waals surface area contributed by atoms with Crippen molar-refractivity contribution < 1.29 is 9.35 Å². The van der Waals surface area contributed by atoms with Crippen molar-refractivity contribution in [3.05, 3.63) is 73.5 Å². The van der Waals surface area contributed by atoms with Crippen LogP contribution in [-0.2, 0) is 0 Å². The summed E-state index contributed by atoms with van der Waals surface area (Å²) < 4.78 is 0.602. The smallest absolute Gasteiger partial charge is 0.374 e. The second-order valence-electron chi connectivity index (χ2n) is 4.85. The third-order valence-corrected chi connectivity index (χ3v) is 3.84. The third kappa shape index (κ3) is 2.33. The normalized spacial score (nSPS) is 10.5. The van der Waals surface area contributed by atoms with Gasteiger partial charge in [0.15, 0.2) is 11.2 Å². The maximum Gasteiger partial charge on any atom is 0.374 e. The minimum atomic E-state index is -0.517. The minimum Gasteiger partial charge on any atom is -0.804 e. The van der Waals surface area contributed by atoms with Gasteiger partial charge in [-0.3, -0.25) is 10.1 Å². The Labute approximate surface area is 139 Å². The Morgan fingerprint density at radius 3 is 2.38 bits per heavy atom. The molecule has 0 aliphatic carbocycles. The average Bonchev–Trinajstić information content (AvgIpc) is 2.60. The van der Waals surface area contributed by atoms with E-state index in [1.54, 1.807) is 12.1 Å². The topological polar surface area (TPSA) is 118 Å². The molecule has 0 bridgehead atoms. The standard InChI is InChI=1S/C15H7ClN4O4/c16-15-14(8-17)18(21)13-7-10(3-6-12(13)19(15)22)9-1-4-11(5-2-9)20(23)24/h1-7H. The molecule has 0 N–H and O–H groups in total. The van der Waals surface area contributed by atoms with Crippen LogP contribution in [0.15, 0.2) is 42.5 Å². The second-order valence-corrected chi connectivity index (χ2v) is 5.21. The number of halogens is 1. The van der Waals surface area contributed by atoms with Crippen LogP contribution in [0.5, 0.6) is 0 Å². The number of nitro benzene ring substituents is 1. The maximum atomic E-state index is 12.2. The van der Waals surface area contributed by atoms with Crippen LogP contribution in [0.2, 0.25) is 5.15 Å². The molecule has 118 valence electrons. The van der Waals surface area contributed by atoms with E-state index < -0.39 is 15.8 Å². The Morgan fingerprint density at radius 2 is 1.79 bits per heavy atom. The number of hydrogen-bond donors (Lipinski definition) is 0. The van der Waals surface area contributed by atoms with E-state index in [0.29, 0.717) is 20.3 Å². The highest BCUT2D eigenvalue weighted by atomic mass is 35.5. The molecule has 1 aromatic heterocycles. The number of nitriles is 1. The fourth-order valence-corrected chi connectivity index (χ4v) is 2.52. The van der Waals surface area contributed by atoms with Crippen molar-refractivity contribution in [1.82, 2.24) is 4.73 Å². The van der Waals surface area contributed by atoms with E-state index in [9.17, 15) is 20.2 Å². The number of aromatic nitrogens is 2. The third-order valence-electron chi connectivity index (χ3n) is 3.51. The van der Waals surface area contributed by atoms with Gasteiger partial charge in [-0.25, -0.2) is 0 Å². The summed E-state index contributed by atoms with van der Waals surface area (Å²) in [6.07, 6.45) is 0. The van der Waals surface area contributed by atoms with Gasteiger partial charge in [0, 0.05) is 23.1 Å². The summed E-state index contributed by atoms with van der Waals surface area (Å²) in [6, 6.07) is 11.7. The van der Waals surface area contributed by atoms with E-state index in [-0.39, 0.29) is 16.7 Å². The Morgan fingerprint density at radius 1 is 1.17 bits per heavy atom. The minimum absolute atomic E-state index is 0.0136. The molecule has 0 fully saturated rings. The van der Waals surface area contributed by atoms with Gasteiger partial charge in [0.25, 0.3) is 11.2 Å². The van der Waals surface area contributed by atoms with Gasteiger partial charge in [0.2, 0.25) is 0 Å². The van der Waals surface area contributed by atoms with Gasteiger partial charge in [-0.15, -0.1) is 0 Å². The average molecular weight is 343 g/mol. The van der Waals surface area contributed by atoms with Crippen LogP contribution in [0.4, 0.5) is 5.69 Å². The first-order chi connectivity index (χ1) is 11.4. The fraction of sp³-hybridized carbons (Fsp3) is 0. The molecule has 0 amide bonds. The number of benzene rings is 2. The SMILES string of the molecule is N#Cc1c(Cl)n([O-])c2ccc(-c3ccc([N+](=O)[O-])cc3)cc2[n+]1=O. The summed E-state index contributed by atoms with van der Waals surface area (Å²) in [7, 11) is 0. The van der Waals surface area contributed by atoms with E-state index >= 15 is 0 Å². The molecule has 0 aliphatic rings. The number of hydrogen-bond acceptors (Lipinski definition) is 5. The molecule has 1 heterocycles. The van der Waals surface area contributed by atoms with Crippen LogP contribution >= 0.6 is 11.6 Å². The van der Waals surface area contributed by atoms with Crippen molar-refractivity contribution in [1.29, 1.82) is 5.26 Å². The number of nitrogens with zero attached hydrogens (tertiary/aromatic N) is 4. The first-order valence-electron chi connectivity index (χ1n) is 6.57. The van der Waals surface area contributed by atoms with Gasteiger partial charge in [-0.05, 0) is 29.3 Å². The van der Waals surface area contributed by atoms with Crippen LogP contribution in [-0.4, -0.2) is 9.65 Å². The van der Waals surface area contributed by atoms with Crippen LogP contribution in [0.3, 0.4) is 0 Å². The maximum absolute atomic E-state index is 12.2. The van der Waals surface area contributed by atoms with Gasteiger partial charge in [-0.2, -0.15) is 5.26 Å². The van der Waals surface area contributed by atoms with Crippen molar-refractivity contribution in [2.75, 3.05) is 0 Å². The predicted octanol–water partition coefficient (Wildman–Crippen LogP) is 3.00. The molecule has 9 heteroatoms. The van der Waals surface area contributed by atoms with E-state index in [0.717, 1.165) is 0 Å². The van der Waals surface area contributed by atoms with E-state index in [1.807, 2.05) is 0 Å². The summed E-state index contributed by atoms with van der Waals surface area (Å²) in [5, 5.41) is 31.2. The van der Waals surface area contributed by atoms with Crippen molar-refractivity contribution in [3.8, 4) is 17.2 Å². The van der Waals surface area contributed by atoms with Gasteiger partial charge in [-0.1, -0.05) is 17.7 Å². The van der Waals surface area contributed by atoms with E-state index in [4.69, 9.17) is 16.9 Å². The molecule has 0 saturated carbocycles. The quantitative estimate of drug-likeness (QED) is 0.403. The Hall–Kier alpha value is -3.44. The van der Waals surface area contributed by atoms with Crippen LogP contribution in [0.25, 0.3) is 22.2 Å². The zero-order chi connectivity index (χ0) is 17.4. The number of fused-ring (bicyclic) bond motifs is 1. The van der Waals surface area contributed by atoms with Crippen molar-refractivity contribution in [2.24, 2.45) is 0 Å². The largest absolute Gasteiger partial charge is 0.804 e. The monoisotopic (exact) mass is 342 g/mol. The summed E-state index contributed by atoms with van der Waals surface area (Å²) in [6.45, 7) is 0. The van der Waals surface area contributed by atoms with Crippen molar-refractivity contribution in [2.45, 2.75) is 0 Å². The number of rotatable bonds is 2. The summed E-state index contributed by atoms with van der Waals surface area (Å²) in [5.74, 6) is 0. The highest BCUT2D eigenvalue weighted by molar-refractivity contribution is 6.30. The highest BCUT2D eigenvalue weighted by Gasteiger charge is 2.21. The van der Waals surface area contributed by atoms with Crippen LogP contribution < -0.4 is 4.43 Å². The zero-order valence-corrected chi connectivity index (χ0v) is 12.6. The molecule has 0 atom stereocenters. The summed E-state index contributed by atoms with van der Waals surface area (Å²) >= 11 is 5.72. The Balaban J connectivity index is 2.24. The Bertz CT molecular complexity index is 1080. The molecular formula is C15H7ClN4O4. The molecule has 0 spiro atoms. The summed E-state index contributed by atoms with van der Waals surface area (Å²) in [4.78, 5) is 22.4. The molecule has 0 unspecified atom stereocenters. The van der Waals surface area contributed by atoms with Crippen LogP contribution in [0, 0.1) is 31.6 Å². The van der Waals surface area contributed by atoms with Crippen molar-refractivity contribution >= 4 is 28.3 Å². The first-order valence-corrected chi connectivity index (χ1v) is 6.95. The molecule has 0 aliphatic heterocycles. The number of nitro groups is 1. The lowest BCUT2D eigenvalue weighted by molar-refractivity contribution is -0.468. The molecule has 24 heavy (non-hydrogen) atoms. The first kappa shape index (κ1) is 15.5. The van der Waals surface area contributed by atoms with Crippen LogP contribution in [0.1, 0.15) is 5.69 Å². The molecule has 3 rings (SSSR count). The van der Waals surface area contributed by atoms with Gasteiger partial charge >= 0.3 is 5.69 Å². The highest BCUT2D eigenvalue weighted by Crippen LogP contribution is 2.26. The lowest BCUT2D eigenvalue weighted by Crippen LogP contribution is -2.23. The molecule has 8 nitrogen and oxygen atoms in total. The molecule has 3 aromatic rings. The Kier molecular flexibility index (Phi) is 3.63. The second kappa shape index (κ2) is 5.64. The fourth-order valence-electron chi connectivity index (χ4n) is 2.31. The zero-order valence-electron chi connectivity index (χ0n) is 11.8. The van der Waals surface area contributed by atoms with Crippen molar-refractivity contribution in [3.63, 3.8) is 0 Å². The molecule has 2 aromatic carbocycles. The summed E-state index contributed by atoms with van der Waals surface area (Å²) in [5.41, 5.74) is 0.609. The number of non-ortho nitro benzene ring substituents is 1. The predicted molar refractivity (Wildman–Crippen MR) is 85.9 cm³/mol. The lowest BCUT2D eigenvalue weighted by Gasteiger charge is -2.13. The lowest BCUT2D eigenvalue weighted by atomic mass is 10.0.